The highest BCUT2D eigenvalue weighted by Gasteiger charge is 2.02. The molecule has 0 amide bonds. The molecule has 0 aliphatic rings. The predicted octanol–water partition coefficient (Wildman–Crippen LogP) is 4.92. The van der Waals surface area contributed by atoms with E-state index in [9.17, 15) is 0 Å². The van der Waals surface area contributed by atoms with Crippen LogP contribution in [0.15, 0.2) is 67.0 Å². The number of aromatic nitrogens is 2. The number of nitrogens with zero attached hydrogens (tertiary/aromatic N) is 2. The molecule has 0 aliphatic heterocycles. The van der Waals surface area contributed by atoms with Crippen molar-refractivity contribution in [1.82, 2.24) is 9.97 Å². The van der Waals surface area contributed by atoms with Gasteiger partial charge in [0, 0.05) is 12.6 Å². The molecule has 1 heterocycles. The molecule has 2 aromatic carbocycles. The van der Waals surface area contributed by atoms with Gasteiger partial charge in [-0.15, -0.1) is 0 Å². The summed E-state index contributed by atoms with van der Waals surface area (Å²) in [7, 11) is 0. The van der Waals surface area contributed by atoms with E-state index in [1.54, 1.807) is 6.33 Å². The molecule has 2 N–H and O–H groups in total. The van der Waals surface area contributed by atoms with Crippen molar-refractivity contribution in [1.29, 1.82) is 0 Å². The van der Waals surface area contributed by atoms with Crippen molar-refractivity contribution >= 4 is 28.9 Å². The first-order valence-corrected chi connectivity index (χ1v) is 8.30. The van der Waals surface area contributed by atoms with Crippen LogP contribution in [0.4, 0.5) is 17.3 Å². The summed E-state index contributed by atoms with van der Waals surface area (Å²) in [6.45, 7) is 0.859. The molecule has 0 saturated heterocycles. The minimum absolute atomic E-state index is 0.661. The number of anilines is 3. The van der Waals surface area contributed by atoms with Gasteiger partial charge in [-0.1, -0.05) is 54.1 Å². The normalized spacial score (nSPS) is 10.4. The molecule has 0 fully saturated rings. The van der Waals surface area contributed by atoms with E-state index in [0.29, 0.717) is 10.8 Å². The minimum Gasteiger partial charge on any atom is -0.370 e. The lowest BCUT2D eigenvalue weighted by Gasteiger charge is -2.09. The van der Waals surface area contributed by atoms with Crippen LogP contribution in [-0.4, -0.2) is 16.5 Å². The minimum atomic E-state index is 0.661. The van der Waals surface area contributed by atoms with Crippen LogP contribution in [0.5, 0.6) is 0 Å². The monoisotopic (exact) mass is 338 g/mol. The van der Waals surface area contributed by atoms with E-state index in [0.717, 1.165) is 30.9 Å². The molecule has 0 aliphatic carbocycles. The van der Waals surface area contributed by atoms with Gasteiger partial charge in [-0.05, 0) is 30.5 Å². The first-order valence-electron chi connectivity index (χ1n) is 7.93. The Kier molecular flexibility index (Phi) is 5.64. The maximum Gasteiger partial charge on any atom is 0.135 e. The second-order valence-corrected chi connectivity index (χ2v) is 5.82. The lowest BCUT2D eigenvalue weighted by molar-refractivity contribution is 0.858. The average molecular weight is 339 g/mol. The smallest absolute Gasteiger partial charge is 0.135 e. The zero-order valence-electron chi connectivity index (χ0n) is 13.2. The van der Waals surface area contributed by atoms with Gasteiger partial charge in [0.1, 0.15) is 18.0 Å². The molecule has 0 bridgehead atoms. The van der Waals surface area contributed by atoms with Crippen LogP contribution in [0.1, 0.15) is 12.0 Å². The van der Waals surface area contributed by atoms with Crippen molar-refractivity contribution < 1.29 is 0 Å². The lowest BCUT2D eigenvalue weighted by atomic mass is 10.1. The fourth-order valence-corrected chi connectivity index (χ4v) is 2.56. The van der Waals surface area contributed by atoms with Gasteiger partial charge in [-0.3, -0.25) is 0 Å². The molecular weight excluding hydrogens is 320 g/mol. The quantitative estimate of drug-likeness (QED) is 0.600. The number of halogens is 1. The third kappa shape index (κ3) is 4.70. The lowest BCUT2D eigenvalue weighted by Crippen LogP contribution is -2.05. The Labute approximate surface area is 146 Å². The summed E-state index contributed by atoms with van der Waals surface area (Å²) in [5.41, 5.74) is 2.18. The van der Waals surface area contributed by atoms with E-state index in [1.165, 1.54) is 5.56 Å². The second kappa shape index (κ2) is 8.31. The summed E-state index contributed by atoms with van der Waals surface area (Å²) in [4.78, 5) is 8.48. The first kappa shape index (κ1) is 16.3. The summed E-state index contributed by atoms with van der Waals surface area (Å²) in [5.74, 6) is 1.51. The molecule has 1 aromatic heterocycles. The number of rotatable bonds is 7. The van der Waals surface area contributed by atoms with Crippen LogP contribution in [0.2, 0.25) is 5.02 Å². The Morgan fingerprint density at radius 3 is 2.46 bits per heavy atom. The van der Waals surface area contributed by atoms with Crippen molar-refractivity contribution in [3.8, 4) is 0 Å². The summed E-state index contributed by atoms with van der Waals surface area (Å²) in [5, 5.41) is 7.20. The van der Waals surface area contributed by atoms with Crippen molar-refractivity contribution in [3.63, 3.8) is 0 Å². The third-order valence-corrected chi connectivity index (χ3v) is 3.92. The van der Waals surface area contributed by atoms with Crippen molar-refractivity contribution in [2.24, 2.45) is 0 Å². The molecule has 3 aromatic rings. The van der Waals surface area contributed by atoms with E-state index in [4.69, 9.17) is 11.6 Å². The molecule has 4 nitrogen and oxygen atoms in total. The van der Waals surface area contributed by atoms with Gasteiger partial charge in [-0.2, -0.15) is 0 Å². The predicted molar refractivity (Wildman–Crippen MR) is 100 cm³/mol. The van der Waals surface area contributed by atoms with Gasteiger partial charge < -0.3 is 10.6 Å². The molecule has 0 radical (unpaired) electrons. The Bertz CT molecular complexity index is 777. The molecule has 0 unspecified atom stereocenters. The Morgan fingerprint density at radius 1 is 0.875 bits per heavy atom. The average Bonchev–Trinajstić information content (AvgIpc) is 2.62. The van der Waals surface area contributed by atoms with E-state index in [-0.39, 0.29) is 0 Å². The fraction of sp³-hybridized carbons (Fsp3) is 0.158. The number of hydrogen-bond donors (Lipinski definition) is 2. The standard InChI is InChI=1S/C19H19ClN4/c20-16-10-4-5-11-17(16)24-19-13-18(22-14-23-19)21-12-6-9-15-7-2-1-3-8-15/h1-5,7-8,10-11,13-14H,6,9,12H2,(H2,21,22,23,24). The molecule has 0 atom stereocenters. The van der Waals surface area contributed by atoms with Crippen molar-refractivity contribution in [2.75, 3.05) is 17.2 Å². The van der Waals surface area contributed by atoms with Crippen molar-refractivity contribution in [3.05, 3.63) is 77.6 Å². The fourth-order valence-electron chi connectivity index (χ4n) is 2.38. The van der Waals surface area contributed by atoms with Gasteiger partial charge in [0.05, 0.1) is 10.7 Å². The van der Waals surface area contributed by atoms with E-state index >= 15 is 0 Å². The van der Waals surface area contributed by atoms with Crippen molar-refractivity contribution in [2.45, 2.75) is 12.8 Å². The third-order valence-electron chi connectivity index (χ3n) is 3.59. The zero-order valence-corrected chi connectivity index (χ0v) is 14.0. The van der Waals surface area contributed by atoms with Gasteiger partial charge in [0.25, 0.3) is 0 Å². The summed E-state index contributed by atoms with van der Waals surface area (Å²) < 4.78 is 0. The number of hydrogen-bond acceptors (Lipinski definition) is 4. The maximum absolute atomic E-state index is 6.15. The molecule has 24 heavy (non-hydrogen) atoms. The maximum atomic E-state index is 6.15. The Hall–Kier alpha value is -2.59. The Morgan fingerprint density at radius 2 is 1.62 bits per heavy atom. The highest BCUT2D eigenvalue weighted by molar-refractivity contribution is 6.33. The molecule has 0 spiro atoms. The topological polar surface area (TPSA) is 49.8 Å². The molecule has 5 heteroatoms. The summed E-state index contributed by atoms with van der Waals surface area (Å²) >= 11 is 6.15. The molecular formula is C19H19ClN4. The van der Waals surface area contributed by atoms with Gasteiger partial charge in [0.15, 0.2) is 0 Å². The largest absolute Gasteiger partial charge is 0.370 e. The Balaban J connectivity index is 1.53. The highest BCUT2D eigenvalue weighted by atomic mass is 35.5. The number of nitrogens with one attached hydrogen (secondary N) is 2. The van der Waals surface area contributed by atoms with Gasteiger partial charge >= 0.3 is 0 Å². The molecule has 122 valence electrons. The highest BCUT2D eigenvalue weighted by Crippen LogP contribution is 2.24. The van der Waals surface area contributed by atoms with Crippen LogP contribution in [0, 0.1) is 0 Å². The molecule has 3 rings (SSSR count). The van der Waals surface area contributed by atoms with Crippen LogP contribution < -0.4 is 10.6 Å². The number of para-hydroxylation sites is 1. The van der Waals surface area contributed by atoms with E-state index in [2.05, 4.69) is 44.9 Å². The second-order valence-electron chi connectivity index (χ2n) is 5.41. The van der Waals surface area contributed by atoms with Crippen LogP contribution in [0.25, 0.3) is 0 Å². The first-order chi connectivity index (χ1) is 11.8. The number of benzene rings is 2. The number of aryl methyl sites for hydroxylation is 1. The summed E-state index contributed by atoms with van der Waals surface area (Å²) in [6, 6.07) is 19.9. The van der Waals surface area contributed by atoms with Gasteiger partial charge in [0.2, 0.25) is 0 Å². The molecule has 0 saturated carbocycles. The van der Waals surface area contributed by atoms with Crippen LogP contribution in [-0.2, 0) is 6.42 Å². The van der Waals surface area contributed by atoms with E-state index in [1.807, 2.05) is 36.4 Å². The van der Waals surface area contributed by atoms with Gasteiger partial charge in [-0.25, -0.2) is 9.97 Å². The zero-order chi connectivity index (χ0) is 16.6. The van der Waals surface area contributed by atoms with E-state index < -0.39 is 0 Å². The summed E-state index contributed by atoms with van der Waals surface area (Å²) in [6.07, 6.45) is 3.63. The SMILES string of the molecule is Clc1ccccc1Nc1cc(NCCCc2ccccc2)ncn1. The van der Waals surface area contributed by atoms with Crippen LogP contribution >= 0.6 is 11.6 Å². The van der Waals surface area contributed by atoms with Crippen LogP contribution in [0.3, 0.4) is 0 Å².